The predicted molar refractivity (Wildman–Crippen MR) is 125 cm³/mol. The number of carbonyl (C=O) groups excluding carboxylic acids is 3. The molecule has 1 N–H and O–H groups in total. The molecule has 1 aliphatic rings. The summed E-state index contributed by atoms with van der Waals surface area (Å²) in [6.07, 6.45) is 2.04. The van der Waals surface area contributed by atoms with Crippen molar-refractivity contribution in [2.75, 3.05) is 18.6 Å². The Bertz CT molecular complexity index is 1100. The Kier molecular flexibility index (Phi) is 7.60. The van der Waals surface area contributed by atoms with Gasteiger partial charge in [-0.1, -0.05) is 18.5 Å². The highest BCUT2D eigenvalue weighted by atomic mass is 35.5. The molecule has 1 heterocycles. The zero-order valence-electron chi connectivity index (χ0n) is 18.8. The number of nitrogens with zero attached hydrogens (tertiary/aromatic N) is 1. The minimum absolute atomic E-state index is 0.0833. The Morgan fingerprint density at radius 2 is 1.82 bits per heavy atom. The number of anilines is 1. The Morgan fingerprint density at radius 3 is 2.42 bits per heavy atom. The number of hydrogen-bond donors (Lipinski definition) is 1. The second-order valence-electron chi connectivity index (χ2n) is 7.26. The smallest absolute Gasteiger partial charge is 0.335 e. The lowest BCUT2D eigenvalue weighted by molar-refractivity contribution is -0.122. The first kappa shape index (κ1) is 24.1. The van der Waals surface area contributed by atoms with Gasteiger partial charge in [-0.3, -0.25) is 14.9 Å². The second kappa shape index (κ2) is 10.4. The van der Waals surface area contributed by atoms with Gasteiger partial charge in [0.2, 0.25) is 0 Å². The third-order valence-corrected chi connectivity index (χ3v) is 5.25. The number of ether oxygens (including phenoxy) is 3. The highest BCUT2D eigenvalue weighted by Gasteiger charge is 2.37. The quantitative estimate of drug-likeness (QED) is 0.446. The highest BCUT2D eigenvalue weighted by Crippen LogP contribution is 2.38. The summed E-state index contributed by atoms with van der Waals surface area (Å²) in [7, 11) is 1.47. The molecule has 0 unspecified atom stereocenters. The molecule has 0 aliphatic carbocycles. The van der Waals surface area contributed by atoms with Crippen molar-refractivity contribution in [1.29, 1.82) is 0 Å². The summed E-state index contributed by atoms with van der Waals surface area (Å²) in [6, 6.07) is 8.74. The van der Waals surface area contributed by atoms with Crippen LogP contribution in [-0.4, -0.2) is 37.7 Å². The normalized spacial score (nSPS) is 16.0. The number of methoxy groups -OCH3 is 1. The zero-order chi connectivity index (χ0) is 24.1. The van der Waals surface area contributed by atoms with Crippen LogP contribution in [0.4, 0.5) is 10.5 Å². The molecule has 1 fully saturated rings. The molecule has 3 rings (SSSR count). The van der Waals surface area contributed by atoms with Gasteiger partial charge < -0.3 is 14.2 Å². The molecule has 2 aromatic carbocycles. The number of nitrogens with one attached hydrogen (secondary N) is 1. The van der Waals surface area contributed by atoms with Crippen molar-refractivity contribution >= 4 is 41.2 Å². The lowest BCUT2D eigenvalue weighted by atomic mass is 10.1. The summed E-state index contributed by atoms with van der Waals surface area (Å²) in [5, 5.41) is 2.46. The number of hydrogen-bond acceptors (Lipinski definition) is 6. The Morgan fingerprint density at radius 1 is 1.12 bits per heavy atom. The second-order valence-corrected chi connectivity index (χ2v) is 7.66. The van der Waals surface area contributed by atoms with E-state index in [4.69, 9.17) is 25.8 Å². The molecule has 0 radical (unpaired) electrons. The maximum absolute atomic E-state index is 13.1. The summed E-state index contributed by atoms with van der Waals surface area (Å²) in [5.41, 5.74) is 0.511. The number of urea groups is 1. The Hall–Kier alpha value is -3.52. The van der Waals surface area contributed by atoms with Gasteiger partial charge >= 0.3 is 6.03 Å². The topological polar surface area (TPSA) is 94.2 Å². The standard InChI is InChI=1S/C24H25ClN2O6/c1-5-14(3)33-21-19(25)12-15(13-20(21)31-4)11-18-22(28)26-24(30)27(23(18)29)16-7-9-17(10-8-16)32-6-2/h7-14H,5-6H2,1-4H3,(H,26,28,30)/b18-11+/t14-/m0/s1. The van der Waals surface area contributed by atoms with Crippen molar-refractivity contribution in [1.82, 2.24) is 5.32 Å². The average molecular weight is 473 g/mol. The van der Waals surface area contributed by atoms with Gasteiger partial charge in [0.15, 0.2) is 11.5 Å². The fourth-order valence-electron chi connectivity index (χ4n) is 3.14. The molecule has 0 aromatic heterocycles. The molecule has 0 bridgehead atoms. The van der Waals surface area contributed by atoms with Crippen LogP contribution in [0.2, 0.25) is 5.02 Å². The van der Waals surface area contributed by atoms with Crippen LogP contribution < -0.4 is 24.4 Å². The number of imide groups is 2. The highest BCUT2D eigenvalue weighted by molar-refractivity contribution is 6.39. The summed E-state index contributed by atoms with van der Waals surface area (Å²) in [4.78, 5) is 38.9. The van der Waals surface area contributed by atoms with E-state index >= 15 is 0 Å². The number of halogens is 1. The van der Waals surface area contributed by atoms with E-state index in [1.165, 1.54) is 13.2 Å². The van der Waals surface area contributed by atoms with Crippen molar-refractivity contribution < 1.29 is 28.6 Å². The van der Waals surface area contributed by atoms with Gasteiger partial charge in [-0.05, 0) is 68.3 Å². The number of carbonyl (C=O) groups is 3. The van der Waals surface area contributed by atoms with Gasteiger partial charge in [0.05, 0.1) is 30.5 Å². The number of rotatable bonds is 8. The van der Waals surface area contributed by atoms with Crippen LogP contribution in [0.25, 0.3) is 6.08 Å². The van der Waals surface area contributed by atoms with Crippen LogP contribution in [0.5, 0.6) is 17.2 Å². The molecule has 1 aliphatic heterocycles. The third-order valence-electron chi connectivity index (χ3n) is 4.96. The van der Waals surface area contributed by atoms with Crippen molar-refractivity contribution in [2.45, 2.75) is 33.3 Å². The van der Waals surface area contributed by atoms with Crippen LogP contribution >= 0.6 is 11.6 Å². The molecular weight excluding hydrogens is 448 g/mol. The molecule has 174 valence electrons. The van der Waals surface area contributed by atoms with Gasteiger partial charge in [0.25, 0.3) is 11.8 Å². The fourth-order valence-corrected chi connectivity index (χ4v) is 3.40. The minimum Gasteiger partial charge on any atom is -0.494 e. The van der Waals surface area contributed by atoms with E-state index < -0.39 is 17.8 Å². The van der Waals surface area contributed by atoms with Crippen LogP contribution in [-0.2, 0) is 9.59 Å². The molecule has 1 saturated heterocycles. The minimum atomic E-state index is -0.834. The van der Waals surface area contributed by atoms with E-state index in [9.17, 15) is 14.4 Å². The number of benzene rings is 2. The molecule has 0 spiro atoms. The van der Waals surface area contributed by atoms with Crippen LogP contribution in [0.1, 0.15) is 32.8 Å². The van der Waals surface area contributed by atoms with Gasteiger partial charge in [-0.25, -0.2) is 9.69 Å². The number of amides is 4. The first-order chi connectivity index (χ1) is 15.8. The first-order valence-electron chi connectivity index (χ1n) is 10.5. The van der Waals surface area contributed by atoms with Crippen molar-refractivity contribution in [2.24, 2.45) is 0 Å². The maximum Gasteiger partial charge on any atom is 0.335 e. The monoisotopic (exact) mass is 472 g/mol. The molecule has 8 nitrogen and oxygen atoms in total. The maximum atomic E-state index is 13.1. The predicted octanol–water partition coefficient (Wildman–Crippen LogP) is 4.59. The van der Waals surface area contributed by atoms with E-state index in [-0.39, 0.29) is 16.7 Å². The van der Waals surface area contributed by atoms with Gasteiger partial charge in [-0.2, -0.15) is 0 Å². The molecular formula is C24H25ClN2O6. The SMILES string of the molecule is CCOc1ccc(N2C(=O)NC(=O)/C(=C\c3cc(Cl)c(O[C@@H](C)CC)c(OC)c3)C2=O)cc1. The van der Waals surface area contributed by atoms with E-state index in [1.54, 1.807) is 36.4 Å². The lowest BCUT2D eigenvalue weighted by Crippen LogP contribution is -2.54. The van der Waals surface area contributed by atoms with Gasteiger partial charge in [0, 0.05) is 0 Å². The van der Waals surface area contributed by atoms with Crippen LogP contribution in [0.3, 0.4) is 0 Å². The Balaban J connectivity index is 1.96. The van der Waals surface area contributed by atoms with E-state index in [0.717, 1.165) is 11.3 Å². The summed E-state index contributed by atoms with van der Waals surface area (Å²) < 4.78 is 16.6. The van der Waals surface area contributed by atoms with Gasteiger partial charge in [-0.15, -0.1) is 0 Å². The van der Waals surface area contributed by atoms with Crippen molar-refractivity contribution in [3.63, 3.8) is 0 Å². The van der Waals surface area contributed by atoms with Crippen molar-refractivity contribution in [3.8, 4) is 17.2 Å². The first-order valence-corrected chi connectivity index (χ1v) is 10.8. The third kappa shape index (κ3) is 5.28. The number of barbiturate groups is 1. The Labute approximate surface area is 197 Å². The van der Waals surface area contributed by atoms with E-state index in [1.807, 2.05) is 20.8 Å². The van der Waals surface area contributed by atoms with E-state index in [2.05, 4.69) is 5.32 Å². The average Bonchev–Trinajstić information content (AvgIpc) is 2.79. The van der Waals surface area contributed by atoms with E-state index in [0.29, 0.717) is 35.1 Å². The van der Waals surface area contributed by atoms with Crippen molar-refractivity contribution in [3.05, 3.63) is 52.6 Å². The molecule has 33 heavy (non-hydrogen) atoms. The summed E-state index contributed by atoms with van der Waals surface area (Å²) in [5.74, 6) is -0.233. The largest absolute Gasteiger partial charge is 0.494 e. The fraction of sp³-hybridized carbons (Fsp3) is 0.292. The summed E-state index contributed by atoms with van der Waals surface area (Å²) in [6.45, 7) is 6.22. The zero-order valence-corrected chi connectivity index (χ0v) is 19.6. The lowest BCUT2D eigenvalue weighted by Gasteiger charge is -2.26. The molecule has 4 amide bonds. The van der Waals surface area contributed by atoms with Crippen LogP contribution in [0.15, 0.2) is 42.0 Å². The van der Waals surface area contributed by atoms with Crippen LogP contribution in [0, 0.1) is 0 Å². The molecule has 1 atom stereocenters. The summed E-state index contributed by atoms with van der Waals surface area (Å²) >= 11 is 6.40. The molecule has 0 saturated carbocycles. The molecule has 2 aromatic rings. The van der Waals surface area contributed by atoms with Gasteiger partial charge in [0.1, 0.15) is 11.3 Å². The molecule has 9 heteroatoms.